The van der Waals surface area contributed by atoms with Crippen LogP contribution in [0.4, 0.5) is 0 Å². The Morgan fingerprint density at radius 2 is 2.00 bits per heavy atom. The van der Waals surface area contributed by atoms with E-state index in [0.717, 1.165) is 31.6 Å². The fourth-order valence-corrected chi connectivity index (χ4v) is 3.82. The van der Waals surface area contributed by atoms with Gasteiger partial charge in [0, 0.05) is 29.1 Å². The summed E-state index contributed by atoms with van der Waals surface area (Å²) in [6.07, 6.45) is 2.08. The molecule has 0 N–H and O–H groups in total. The molecule has 1 aliphatic rings. The highest BCUT2D eigenvalue weighted by Gasteiger charge is 2.25. The Kier molecular flexibility index (Phi) is 5.82. The highest BCUT2D eigenvalue weighted by Crippen LogP contribution is 2.43. The van der Waals surface area contributed by atoms with Crippen LogP contribution in [0.5, 0.6) is 5.75 Å². The molecule has 2 rings (SSSR count). The summed E-state index contributed by atoms with van der Waals surface area (Å²) in [6, 6.07) is 3.71. The van der Waals surface area contributed by atoms with Crippen molar-refractivity contribution in [2.75, 3.05) is 19.8 Å². The van der Waals surface area contributed by atoms with Crippen LogP contribution in [-0.4, -0.2) is 19.8 Å². The van der Waals surface area contributed by atoms with Crippen LogP contribution in [0.3, 0.4) is 0 Å². The van der Waals surface area contributed by atoms with Crippen molar-refractivity contribution in [2.24, 2.45) is 5.92 Å². The SMILES string of the molecule is CCOc1cc(Cl)c(C(Br)C2CCOCC2)cc1Cl. The minimum absolute atomic E-state index is 0.206. The van der Waals surface area contributed by atoms with Gasteiger partial charge >= 0.3 is 0 Å². The van der Waals surface area contributed by atoms with Crippen molar-refractivity contribution < 1.29 is 9.47 Å². The molecule has 2 nitrogen and oxygen atoms in total. The lowest BCUT2D eigenvalue weighted by molar-refractivity contribution is 0.0662. The van der Waals surface area contributed by atoms with Crippen molar-refractivity contribution in [3.63, 3.8) is 0 Å². The fourth-order valence-electron chi connectivity index (χ4n) is 2.28. The predicted molar refractivity (Wildman–Crippen MR) is 82.8 cm³/mol. The summed E-state index contributed by atoms with van der Waals surface area (Å²) in [5.41, 5.74) is 1.03. The Labute approximate surface area is 132 Å². The maximum absolute atomic E-state index is 6.35. The molecule has 0 amide bonds. The van der Waals surface area contributed by atoms with Crippen LogP contribution in [0, 0.1) is 5.92 Å². The second-order valence-electron chi connectivity index (χ2n) is 4.59. The van der Waals surface area contributed by atoms with Crippen LogP contribution < -0.4 is 4.74 Å². The van der Waals surface area contributed by atoms with Gasteiger partial charge in [0.05, 0.1) is 11.6 Å². The minimum Gasteiger partial charge on any atom is -0.492 e. The van der Waals surface area contributed by atoms with Crippen molar-refractivity contribution in [1.29, 1.82) is 0 Å². The van der Waals surface area contributed by atoms with Crippen LogP contribution in [0.25, 0.3) is 0 Å². The highest BCUT2D eigenvalue weighted by molar-refractivity contribution is 9.09. The molecular weight excluding hydrogens is 351 g/mol. The van der Waals surface area contributed by atoms with Crippen molar-refractivity contribution in [1.82, 2.24) is 0 Å². The van der Waals surface area contributed by atoms with E-state index < -0.39 is 0 Å². The van der Waals surface area contributed by atoms with E-state index in [1.165, 1.54) is 0 Å². The van der Waals surface area contributed by atoms with Gasteiger partial charge in [0.1, 0.15) is 5.75 Å². The molecule has 0 spiro atoms. The standard InChI is InChI=1S/C14H17BrCl2O2/c1-2-19-13-8-11(16)10(7-12(13)17)14(15)9-3-5-18-6-4-9/h7-9,14H,2-6H2,1H3. The monoisotopic (exact) mass is 366 g/mol. The zero-order chi connectivity index (χ0) is 13.8. The van der Waals surface area contributed by atoms with E-state index in [4.69, 9.17) is 32.7 Å². The van der Waals surface area contributed by atoms with Crippen LogP contribution in [0.2, 0.25) is 10.0 Å². The Morgan fingerprint density at radius 3 is 2.63 bits per heavy atom. The van der Waals surface area contributed by atoms with E-state index in [1.54, 1.807) is 6.07 Å². The maximum Gasteiger partial charge on any atom is 0.139 e. The first-order valence-electron chi connectivity index (χ1n) is 6.47. The van der Waals surface area contributed by atoms with E-state index in [2.05, 4.69) is 15.9 Å². The molecule has 1 aliphatic heterocycles. The Bertz CT molecular complexity index is 434. The number of rotatable bonds is 4. The topological polar surface area (TPSA) is 18.5 Å². The number of alkyl halides is 1. The molecule has 1 unspecified atom stereocenters. The Morgan fingerprint density at radius 1 is 1.32 bits per heavy atom. The molecule has 0 saturated carbocycles. The molecule has 1 atom stereocenters. The van der Waals surface area contributed by atoms with E-state index in [0.29, 0.717) is 28.3 Å². The van der Waals surface area contributed by atoms with E-state index in [-0.39, 0.29) is 4.83 Å². The third kappa shape index (κ3) is 3.78. The zero-order valence-corrected chi connectivity index (χ0v) is 13.9. The lowest BCUT2D eigenvalue weighted by atomic mass is 9.92. The lowest BCUT2D eigenvalue weighted by Crippen LogP contribution is -2.19. The summed E-state index contributed by atoms with van der Waals surface area (Å²) in [6.45, 7) is 4.13. The van der Waals surface area contributed by atoms with Gasteiger partial charge < -0.3 is 9.47 Å². The summed E-state index contributed by atoms with van der Waals surface area (Å²) in [5, 5.41) is 1.30. The van der Waals surface area contributed by atoms with Gasteiger partial charge in [0.15, 0.2) is 0 Å². The summed E-state index contributed by atoms with van der Waals surface area (Å²) in [7, 11) is 0. The third-order valence-corrected chi connectivity index (χ3v) is 5.19. The molecule has 5 heteroatoms. The first-order valence-corrected chi connectivity index (χ1v) is 8.14. The number of hydrogen-bond acceptors (Lipinski definition) is 2. The molecule has 0 radical (unpaired) electrons. The van der Waals surface area contributed by atoms with Gasteiger partial charge in [-0.15, -0.1) is 0 Å². The molecule has 0 aliphatic carbocycles. The van der Waals surface area contributed by atoms with Gasteiger partial charge in [-0.2, -0.15) is 0 Å². The first kappa shape index (κ1) is 15.4. The smallest absolute Gasteiger partial charge is 0.139 e. The van der Waals surface area contributed by atoms with Crippen molar-refractivity contribution in [3.8, 4) is 5.75 Å². The molecule has 106 valence electrons. The van der Waals surface area contributed by atoms with Gasteiger partial charge in [-0.1, -0.05) is 39.1 Å². The van der Waals surface area contributed by atoms with Gasteiger partial charge in [-0.3, -0.25) is 0 Å². The van der Waals surface area contributed by atoms with Gasteiger partial charge in [0.2, 0.25) is 0 Å². The summed E-state index contributed by atoms with van der Waals surface area (Å²) in [5.74, 6) is 1.17. The number of hydrogen-bond donors (Lipinski definition) is 0. The molecule has 1 fully saturated rings. The molecule has 1 aromatic carbocycles. The largest absolute Gasteiger partial charge is 0.492 e. The number of ether oxygens (including phenoxy) is 2. The molecule has 19 heavy (non-hydrogen) atoms. The summed E-state index contributed by atoms with van der Waals surface area (Å²) < 4.78 is 10.8. The van der Waals surface area contributed by atoms with Gasteiger partial charge in [0.25, 0.3) is 0 Å². The number of benzene rings is 1. The van der Waals surface area contributed by atoms with Crippen LogP contribution >= 0.6 is 39.1 Å². The zero-order valence-electron chi connectivity index (χ0n) is 10.8. The molecule has 1 saturated heterocycles. The van der Waals surface area contributed by atoms with Crippen molar-refractivity contribution >= 4 is 39.1 Å². The quantitative estimate of drug-likeness (QED) is 0.676. The summed E-state index contributed by atoms with van der Waals surface area (Å²) >= 11 is 16.3. The second-order valence-corrected chi connectivity index (χ2v) is 6.39. The first-order chi connectivity index (χ1) is 9.13. The predicted octanol–water partition coefficient (Wildman–Crippen LogP) is 5.25. The van der Waals surface area contributed by atoms with Crippen LogP contribution in [0.15, 0.2) is 12.1 Å². The van der Waals surface area contributed by atoms with E-state index in [1.807, 2.05) is 13.0 Å². The van der Waals surface area contributed by atoms with Gasteiger partial charge in [-0.25, -0.2) is 0 Å². The minimum atomic E-state index is 0.206. The average Bonchev–Trinajstić information content (AvgIpc) is 2.43. The van der Waals surface area contributed by atoms with E-state index in [9.17, 15) is 0 Å². The Balaban J connectivity index is 2.21. The third-order valence-electron chi connectivity index (χ3n) is 3.33. The fraction of sp³-hybridized carbons (Fsp3) is 0.571. The molecule has 1 aromatic rings. The highest BCUT2D eigenvalue weighted by atomic mass is 79.9. The van der Waals surface area contributed by atoms with Crippen molar-refractivity contribution in [2.45, 2.75) is 24.6 Å². The summed E-state index contributed by atoms with van der Waals surface area (Å²) in [4.78, 5) is 0.206. The molecular formula is C14H17BrCl2O2. The number of halogens is 3. The second kappa shape index (κ2) is 7.16. The average molecular weight is 368 g/mol. The molecule has 0 aromatic heterocycles. The van der Waals surface area contributed by atoms with Crippen molar-refractivity contribution in [3.05, 3.63) is 27.7 Å². The van der Waals surface area contributed by atoms with Gasteiger partial charge in [-0.05, 0) is 37.3 Å². The Hall–Kier alpha value is 0.0400. The van der Waals surface area contributed by atoms with Crippen LogP contribution in [0.1, 0.15) is 30.2 Å². The lowest BCUT2D eigenvalue weighted by Gasteiger charge is -2.27. The molecule has 0 bridgehead atoms. The normalized spacial score (nSPS) is 18.3. The maximum atomic E-state index is 6.35. The molecule has 1 heterocycles. The van der Waals surface area contributed by atoms with E-state index >= 15 is 0 Å². The van der Waals surface area contributed by atoms with Crippen LogP contribution in [-0.2, 0) is 4.74 Å².